The molecule has 188 valence electrons. The van der Waals surface area contributed by atoms with E-state index in [1.807, 2.05) is 6.07 Å². The lowest BCUT2D eigenvalue weighted by molar-refractivity contribution is -0.137. The molecule has 5 rings (SSSR count). The third-order valence-corrected chi connectivity index (χ3v) is 6.07. The maximum absolute atomic E-state index is 13.4. The zero-order chi connectivity index (χ0) is 25.9. The summed E-state index contributed by atoms with van der Waals surface area (Å²) in [6, 6.07) is 8.25. The van der Waals surface area contributed by atoms with Crippen molar-refractivity contribution in [3.05, 3.63) is 70.3 Å². The van der Waals surface area contributed by atoms with Crippen molar-refractivity contribution in [1.82, 2.24) is 10.6 Å². The van der Waals surface area contributed by atoms with Crippen LogP contribution in [0.5, 0.6) is 11.5 Å². The first-order valence-electron chi connectivity index (χ1n) is 11.0. The Morgan fingerprint density at radius 2 is 1.78 bits per heavy atom. The minimum Gasteiger partial charge on any atom is -0.489 e. The topological polar surface area (TPSA) is 100 Å². The van der Waals surface area contributed by atoms with Crippen molar-refractivity contribution < 1.29 is 32.2 Å². The third-order valence-electron chi connectivity index (χ3n) is 5.77. The molecule has 0 unspecified atom stereocenters. The molecular formula is C25H21ClF3N3O4. The van der Waals surface area contributed by atoms with Gasteiger partial charge in [-0.1, -0.05) is 17.7 Å². The number of nitriles is 1. The minimum absolute atomic E-state index is 0.0336. The average Bonchev–Trinajstić information content (AvgIpc) is 3.60. The quantitative estimate of drug-likeness (QED) is 0.579. The van der Waals surface area contributed by atoms with Gasteiger partial charge in [0.15, 0.2) is 0 Å². The van der Waals surface area contributed by atoms with Crippen LogP contribution in [0.15, 0.2) is 48.6 Å². The first-order chi connectivity index (χ1) is 17.1. The predicted octanol–water partition coefficient (Wildman–Crippen LogP) is 4.20. The summed E-state index contributed by atoms with van der Waals surface area (Å²) < 4.78 is 51.2. The van der Waals surface area contributed by atoms with Gasteiger partial charge in [-0.05, 0) is 60.9 Å². The van der Waals surface area contributed by atoms with E-state index in [0.29, 0.717) is 30.2 Å². The fraction of sp³-hybridized carbons (Fsp3) is 0.320. The molecule has 2 aliphatic heterocycles. The van der Waals surface area contributed by atoms with E-state index in [1.165, 1.54) is 0 Å². The molecule has 0 radical (unpaired) electrons. The molecule has 2 aromatic carbocycles. The molecule has 7 nitrogen and oxygen atoms in total. The van der Waals surface area contributed by atoms with E-state index < -0.39 is 35.1 Å². The van der Waals surface area contributed by atoms with Crippen molar-refractivity contribution in [2.45, 2.75) is 37.0 Å². The summed E-state index contributed by atoms with van der Waals surface area (Å²) in [5, 5.41) is 14.8. The van der Waals surface area contributed by atoms with E-state index in [4.69, 9.17) is 21.1 Å². The van der Waals surface area contributed by atoms with Gasteiger partial charge < -0.3 is 20.1 Å². The summed E-state index contributed by atoms with van der Waals surface area (Å²) in [7, 11) is 0. The largest absolute Gasteiger partial charge is 0.489 e. The predicted molar refractivity (Wildman–Crippen MR) is 124 cm³/mol. The lowest BCUT2D eigenvalue weighted by Gasteiger charge is -2.22. The van der Waals surface area contributed by atoms with Crippen LogP contribution in [-0.2, 0) is 17.4 Å². The van der Waals surface area contributed by atoms with Gasteiger partial charge in [0.25, 0.3) is 5.91 Å². The monoisotopic (exact) mass is 519 g/mol. The summed E-state index contributed by atoms with van der Waals surface area (Å²) >= 11 is 6.30. The van der Waals surface area contributed by atoms with Gasteiger partial charge in [0.2, 0.25) is 5.91 Å². The number of halogens is 4. The normalized spacial score (nSPS) is 20.1. The van der Waals surface area contributed by atoms with E-state index in [9.17, 15) is 28.0 Å². The summed E-state index contributed by atoms with van der Waals surface area (Å²) in [6.07, 6.45) is -0.569. The van der Waals surface area contributed by atoms with Crippen LogP contribution in [0.4, 0.5) is 13.2 Å². The highest BCUT2D eigenvalue weighted by molar-refractivity contribution is 6.32. The van der Waals surface area contributed by atoms with Crippen molar-refractivity contribution in [2.75, 3.05) is 13.2 Å². The van der Waals surface area contributed by atoms with Gasteiger partial charge in [0.1, 0.15) is 36.3 Å². The van der Waals surface area contributed by atoms with Gasteiger partial charge in [-0.3, -0.25) is 9.59 Å². The first-order valence-corrected chi connectivity index (χ1v) is 11.4. The highest BCUT2D eigenvalue weighted by Crippen LogP contribution is 2.35. The Morgan fingerprint density at radius 3 is 2.39 bits per heavy atom. The molecule has 11 heteroatoms. The molecular weight excluding hydrogens is 499 g/mol. The van der Waals surface area contributed by atoms with Crippen LogP contribution in [0.25, 0.3) is 0 Å². The second-order valence-corrected chi connectivity index (χ2v) is 8.89. The number of hydrogen-bond acceptors (Lipinski definition) is 5. The van der Waals surface area contributed by atoms with Gasteiger partial charge in [0.05, 0.1) is 22.2 Å². The van der Waals surface area contributed by atoms with Gasteiger partial charge >= 0.3 is 6.18 Å². The van der Waals surface area contributed by atoms with E-state index >= 15 is 0 Å². The molecule has 1 atom stereocenters. The highest BCUT2D eigenvalue weighted by Gasteiger charge is 2.45. The number of carbonyl (C=O) groups excluding carboxylic acids is 2. The van der Waals surface area contributed by atoms with Gasteiger partial charge in [-0.25, -0.2) is 0 Å². The summed E-state index contributed by atoms with van der Waals surface area (Å²) in [6.45, 7) is 0.111. The van der Waals surface area contributed by atoms with Crippen LogP contribution in [-0.4, -0.2) is 36.6 Å². The van der Waals surface area contributed by atoms with Crippen molar-refractivity contribution in [2.24, 2.45) is 0 Å². The second-order valence-electron chi connectivity index (χ2n) is 8.48. The maximum Gasteiger partial charge on any atom is 0.416 e. The Kier molecular flexibility index (Phi) is 7.13. The first kappa shape index (κ1) is 25.4. The molecule has 2 amide bonds. The lowest BCUT2D eigenvalue weighted by atomic mass is 10.0. The number of nitrogens with one attached hydrogen (secondary N) is 2. The molecule has 0 spiro atoms. The van der Waals surface area contributed by atoms with Crippen LogP contribution < -0.4 is 20.1 Å². The zero-order valence-electron chi connectivity index (χ0n) is 18.8. The van der Waals surface area contributed by atoms with Crippen LogP contribution in [0, 0.1) is 11.3 Å². The van der Waals surface area contributed by atoms with E-state index in [0.717, 1.165) is 12.1 Å². The molecule has 1 saturated carbocycles. The molecule has 2 bridgehead atoms. The number of alkyl halides is 3. The summed E-state index contributed by atoms with van der Waals surface area (Å²) in [4.78, 5) is 26.3. The van der Waals surface area contributed by atoms with Crippen molar-refractivity contribution >= 4 is 23.4 Å². The van der Waals surface area contributed by atoms with Gasteiger partial charge in [-0.15, -0.1) is 0 Å². The maximum atomic E-state index is 13.4. The van der Waals surface area contributed by atoms with Crippen LogP contribution in [0.1, 0.15) is 34.3 Å². The zero-order valence-corrected chi connectivity index (χ0v) is 19.6. The molecule has 1 fully saturated rings. The number of fused-ring (bicyclic) bond motifs is 9. The van der Waals surface area contributed by atoms with Crippen LogP contribution in [0.2, 0.25) is 5.02 Å². The minimum atomic E-state index is -4.69. The molecule has 3 aliphatic rings. The standard InChI is InChI=1S/C25H21ClF3N3O4/c26-18-11-15-3-5-21(18)36-10-2-1-9-35-20-6-4-16(25(27,28)29)13-17(20)22(33)31-19(12-15)23(34)32-24(14-30)7-8-24/h1-6,11,13,19H,7-10,12H2,(H,31,33)(H,32,34)/b2-1+/t19-/m0/s1. The Labute approximate surface area is 209 Å². The second kappa shape index (κ2) is 10.1. The molecule has 2 heterocycles. The number of ether oxygens (including phenoxy) is 2. The van der Waals surface area contributed by atoms with Crippen molar-refractivity contribution in [3.8, 4) is 17.6 Å². The molecule has 1 aliphatic carbocycles. The Morgan fingerprint density at radius 1 is 1.11 bits per heavy atom. The average molecular weight is 520 g/mol. The van der Waals surface area contributed by atoms with Crippen LogP contribution >= 0.6 is 11.6 Å². The van der Waals surface area contributed by atoms with Gasteiger partial charge in [0, 0.05) is 6.42 Å². The van der Waals surface area contributed by atoms with E-state index in [1.54, 1.807) is 30.4 Å². The summed E-state index contributed by atoms with van der Waals surface area (Å²) in [5.41, 5.74) is -1.86. The molecule has 0 aromatic heterocycles. The van der Waals surface area contributed by atoms with Crippen LogP contribution in [0.3, 0.4) is 0 Å². The summed E-state index contributed by atoms with van der Waals surface area (Å²) in [5.74, 6) is -1.24. The highest BCUT2D eigenvalue weighted by atomic mass is 35.5. The molecule has 36 heavy (non-hydrogen) atoms. The Hall–Kier alpha value is -3.71. The molecule has 2 aromatic rings. The van der Waals surface area contributed by atoms with E-state index in [2.05, 4.69) is 10.6 Å². The fourth-order valence-corrected chi connectivity index (χ4v) is 3.86. The number of nitrogens with zero attached hydrogens (tertiary/aromatic N) is 1. The number of rotatable bonds is 2. The smallest absolute Gasteiger partial charge is 0.416 e. The third kappa shape index (κ3) is 5.91. The SMILES string of the molecule is N#CC1(NC(=O)[C@@H]2Cc3ccc(c(Cl)c3)OC/C=C/COc3ccc(C(F)(F)F)cc3C(=O)N2)CC1. The number of benzene rings is 2. The number of carbonyl (C=O) groups is 2. The van der Waals surface area contributed by atoms with Gasteiger partial charge in [-0.2, -0.15) is 18.4 Å². The molecule has 2 N–H and O–H groups in total. The van der Waals surface area contributed by atoms with Crippen molar-refractivity contribution in [3.63, 3.8) is 0 Å². The van der Waals surface area contributed by atoms with Crippen molar-refractivity contribution in [1.29, 1.82) is 5.26 Å². The number of amides is 2. The fourth-order valence-electron chi connectivity index (χ4n) is 3.60. The van der Waals surface area contributed by atoms with E-state index in [-0.39, 0.29) is 36.0 Å². The Balaban J connectivity index is 1.71. The number of hydrogen-bond donors (Lipinski definition) is 2. The molecule has 0 saturated heterocycles. The lowest BCUT2D eigenvalue weighted by Crippen LogP contribution is -2.51. The Bertz CT molecular complexity index is 1250.